The van der Waals surface area contributed by atoms with Crippen molar-refractivity contribution in [2.24, 2.45) is 11.7 Å². The van der Waals surface area contributed by atoms with Crippen molar-refractivity contribution in [1.82, 2.24) is 4.90 Å². The molecule has 1 aliphatic rings. The molecule has 0 saturated carbocycles. The molecule has 1 aromatic rings. The molecule has 0 unspecified atom stereocenters. The van der Waals surface area contributed by atoms with E-state index in [1.165, 1.54) is 5.56 Å². The zero-order valence-corrected chi connectivity index (χ0v) is 14.1. The normalized spacial score (nSPS) is 22.0. The lowest BCUT2D eigenvalue weighted by molar-refractivity contribution is -0.144. The molecule has 1 heterocycles. The van der Waals surface area contributed by atoms with Crippen LogP contribution < -0.4 is 10.5 Å². The number of ether oxygens (including phenoxy) is 1. The molecule has 1 aromatic carbocycles. The lowest BCUT2D eigenvalue weighted by Gasteiger charge is -2.30. The number of benzene rings is 1. The average molecular weight is 304 g/mol. The van der Waals surface area contributed by atoms with Gasteiger partial charge in [-0.3, -0.25) is 4.79 Å². The third-order valence-corrected chi connectivity index (χ3v) is 4.35. The zero-order valence-electron chi connectivity index (χ0n) is 14.1. The van der Waals surface area contributed by atoms with Crippen LogP contribution in [0.25, 0.3) is 0 Å². The zero-order chi connectivity index (χ0) is 16.3. The number of rotatable bonds is 5. The molecule has 2 N–H and O–H groups in total. The number of amides is 1. The summed E-state index contributed by atoms with van der Waals surface area (Å²) in [4.78, 5) is 14.6. The Labute approximate surface area is 133 Å². The van der Waals surface area contributed by atoms with E-state index in [0.29, 0.717) is 12.5 Å². The van der Waals surface area contributed by atoms with E-state index in [1.54, 1.807) is 0 Å². The predicted octanol–water partition coefficient (Wildman–Crippen LogP) is 2.74. The summed E-state index contributed by atoms with van der Waals surface area (Å²) in [5.41, 5.74) is 6.46. The molecule has 0 aromatic heterocycles. The maximum Gasteiger partial charge on any atom is 0.266 e. The number of likely N-dealkylation sites (tertiary alicyclic amines) is 1. The van der Waals surface area contributed by atoms with E-state index in [9.17, 15) is 4.79 Å². The first kappa shape index (κ1) is 16.8. The minimum atomic E-state index is -0.879. The average Bonchev–Trinajstić information content (AvgIpc) is 2.82. The van der Waals surface area contributed by atoms with Crippen molar-refractivity contribution in [2.45, 2.75) is 52.2 Å². The highest BCUT2D eigenvalue weighted by Crippen LogP contribution is 2.26. The molecule has 2 rings (SSSR count). The summed E-state index contributed by atoms with van der Waals surface area (Å²) in [6, 6.07) is 7.86. The Bertz CT molecular complexity index is 510. The van der Waals surface area contributed by atoms with Crippen LogP contribution in [0.2, 0.25) is 0 Å². The van der Waals surface area contributed by atoms with Crippen LogP contribution in [-0.2, 0) is 4.79 Å². The number of aryl methyl sites for hydroxylation is 1. The highest BCUT2D eigenvalue weighted by Gasteiger charge is 2.40. The van der Waals surface area contributed by atoms with Crippen molar-refractivity contribution in [2.75, 3.05) is 13.1 Å². The number of carbonyl (C=O) groups excluding carboxylic acids is 1. The van der Waals surface area contributed by atoms with E-state index < -0.39 is 5.60 Å². The van der Waals surface area contributed by atoms with E-state index in [-0.39, 0.29) is 11.9 Å². The third kappa shape index (κ3) is 3.80. The molecule has 1 fully saturated rings. The van der Waals surface area contributed by atoms with E-state index >= 15 is 0 Å². The summed E-state index contributed by atoms with van der Waals surface area (Å²) in [6.45, 7) is 9.21. The molecular formula is C18H28N2O2. The first-order valence-corrected chi connectivity index (χ1v) is 8.14. The van der Waals surface area contributed by atoms with Gasteiger partial charge in [0.25, 0.3) is 5.91 Å². The van der Waals surface area contributed by atoms with Gasteiger partial charge in [-0.1, -0.05) is 31.0 Å². The van der Waals surface area contributed by atoms with E-state index in [0.717, 1.165) is 25.1 Å². The predicted molar refractivity (Wildman–Crippen MR) is 88.8 cm³/mol. The summed E-state index contributed by atoms with van der Waals surface area (Å²) < 4.78 is 5.93. The van der Waals surface area contributed by atoms with Crippen molar-refractivity contribution in [3.05, 3.63) is 29.8 Å². The van der Waals surface area contributed by atoms with Crippen LogP contribution in [0.1, 0.15) is 39.2 Å². The minimum Gasteiger partial charge on any atom is -0.478 e. The Morgan fingerprint density at radius 3 is 2.55 bits per heavy atom. The maximum atomic E-state index is 12.8. The first-order valence-electron chi connectivity index (χ1n) is 8.14. The van der Waals surface area contributed by atoms with E-state index in [1.807, 2.05) is 49.9 Å². The first-order chi connectivity index (χ1) is 10.3. The Morgan fingerprint density at radius 1 is 1.32 bits per heavy atom. The number of carbonyl (C=O) groups is 1. The van der Waals surface area contributed by atoms with Crippen LogP contribution in [0.15, 0.2) is 24.3 Å². The molecule has 0 bridgehead atoms. The maximum absolute atomic E-state index is 12.8. The molecule has 0 radical (unpaired) electrons. The second-order valence-corrected chi connectivity index (χ2v) is 6.85. The van der Waals surface area contributed by atoms with Gasteiger partial charge in [-0.15, -0.1) is 0 Å². The molecule has 2 atom stereocenters. The highest BCUT2D eigenvalue weighted by atomic mass is 16.5. The topological polar surface area (TPSA) is 55.6 Å². The third-order valence-electron chi connectivity index (χ3n) is 4.35. The van der Waals surface area contributed by atoms with Gasteiger partial charge in [0.15, 0.2) is 5.60 Å². The Morgan fingerprint density at radius 2 is 1.95 bits per heavy atom. The highest BCUT2D eigenvalue weighted by molar-refractivity contribution is 5.85. The number of nitrogens with two attached hydrogens (primary N) is 1. The molecule has 4 nitrogen and oxygen atoms in total. The minimum absolute atomic E-state index is 0.0159. The lowest BCUT2D eigenvalue weighted by atomic mass is 9.99. The van der Waals surface area contributed by atoms with Gasteiger partial charge in [0, 0.05) is 19.1 Å². The lowest BCUT2D eigenvalue weighted by Crippen LogP contribution is -2.48. The molecule has 0 spiro atoms. The van der Waals surface area contributed by atoms with Gasteiger partial charge in [0.05, 0.1) is 0 Å². The van der Waals surface area contributed by atoms with Crippen LogP contribution in [0.5, 0.6) is 5.75 Å². The molecule has 122 valence electrons. The van der Waals surface area contributed by atoms with Crippen LogP contribution in [-0.4, -0.2) is 35.5 Å². The van der Waals surface area contributed by atoms with Gasteiger partial charge >= 0.3 is 0 Å². The van der Waals surface area contributed by atoms with Crippen molar-refractivity contribution in [1.29, 1.82) is 0 Å². The van der Waals surface area contributed by atoms with Gasteiger partial charge < -0.3 is 15.4 Å². The van der Waals surface area contributed by atoms with Crippen molar-refractivity contribution in [3.8, 4) is 5.75 Å². The second-order valence-electron chi connectivity index (χ2n) is 6.85. The largest absolute Gasteiger partial charge is 0.478 e. The van der Waals surface area contributed by atoms with Gasteiger partial charge in [-0.25, -0.2) is 0 Å². The summed E-state index contributed by atoms with van der Waals surface area (Å²) in [6.07, 6.45) is 2.17. The Kier molecular flexibility index (Phi) is 5.12. The standard InChI is InChI=1S/C18H28N2O2/c1-5-6-14-11-20(12-16(14)19)17(21)18(3,4)22-15-9-7-13(2)8-10-15/h7-10,14,16H,5-6,11-12,19H2,1-4H3/t14-,16-/m0/s1. The van der Waals surface area contributed by atoms with Gasteiger partial charge in [0.2, 0.25) is 0 Å². The van der Waals surface area contributed by atoms with Gasteiger partial charge in [-0.2, -0.15) is 0 Å². The van der Waals surface area contributed by atoms with E-state index in [4.69, 9.17) is 10.5 Å². The van der Waals surface area contributed by atoms with Crippen LogP contribution in [0, 0.1) is 12.8 Å². The van der Waals surface area contributed by atoms with Crippen molar-refractivity contribution >= 4 is 5.91 Å². The van der Waals surface area contributed by atoms with Crippen LogP contribution in [0.3, 0.4) is 0 Å². The summed E-state index contributed by atoms with van der Waals surface area (Å²) in [7, 11) is 0. The number of hydrogen-bond acceptors (Lipinski definition) is 3. The Balaban J connectivity index is 2.02. The van der Waals surface area contributed by atoms with Crippen molar-refractivity contribution in [3.63, 3.8) is 0 Å². The fourth-order valence-corrected chi connectivity index (χ4v) is 3.06. The molecule has 4 heteroatoms. The molecule has 1 saturated heterocycles. The number of hydrogen-bond donors (Lipinski definition) is 1. The molecule has 0 aliphatic carbocycles. The monoisotopic (exact) mass is 304 g/mol. The van der Waals surface area contributed by atoms with E-state index in [2.05, 4.69) is 6.92 Å². The Hall–Kier alpha value is -1.55. The quantitative estimate of drug-likeness (QED) is 0.910. The van der Waals surface area contributed by atoms with Gasteiger partial charge in [-0.05, 0) is 45.2 Å². The molecular weight excluding hydrogens is 276 g/mol. The summed E-state index contributed by atoms with van der Waals surface area (Å²) >= 11 is 0. The number of nitrogens with zero attached hydrogens (tertiary/aromatic N) is 1. The molecule has 1 aliphatic heterocycles. The van der Waals surface area contributed by atoms with Crippen LogP contribution >= 0.6 is 0 Å². The fraction of sp³-hybridized carbons (Fsp3) is 0.611. The molecule has 22 heavy (non-hydrogen) atoms. The van der Waals surface area contributed by atoms with Gasteiger partial charge in [0.1, 0.15) is 5.75 Å². The van der Waals surface area contributed by atoms with Crippen LogP contribution in [0.4, 0.5) is 0 Å². The fourth-order valence-electron chi connectivity index (χ4n) is 3.06. The smallest absolute Gasteiger partial charge is 0.266 e. The SMILES string of the molecule is CCC[C@H]1CN(C(=O)C(C)(C)Oc2ccc(C)cc2)C[C@@H]1N. The summed E-state index contributed by atoms with van der Waals surface area (Å²) in [5.74, 6) is 1.14. The molecule has 1 amide bonds. The summed E-state index contributed by atoms with van der Waals surface area (Å²) in [5, 5.41) is 0. The van der Waals surface area contributed by atoms with Crippen molar-refractivity contribution < 1.29 is 9.53 Å². The second kappa shape index (κ2) is 6.69.